The first-order valence-corrected chi connectivity index (χ1v) is 13.9. The minimum Gasteiger partial charge on any atom is -0.352 e. The molecule has 6 heteroatoms. The highest BCUT2D eigenvalue weighted by molar-refractivity contribution is 7.99. The number of hydrogen-bond donors (Lipinski definition) is 1. The molecule has 3 rings (SSSR count). The minimum absolute atomic E-state index is 0.0318. The number of thioether (sulfide) groups is 1. The zero-order valence-electron chi connectivity index (χ0n) is 21.2. The molecule has 190 valence electrons. The average Bonchev–Trinajstić information content (AvgIpc) is 2.87. The first kappa shape index (κ1) is 27.8. The first-order valence-electron chi connectivity index (χ1n) is 12.4. The molecule has 0 aromatic heterocycles. The van der Waals surface area contributed by atoms with E-state index in [4.69, 9.17) is 11.6 Å². The van der Waals surface area contributed by atoms with Gasteiger partial charge in [0.05, 0.1) is 5.75 Å². The van der Waals surface area contributed by atoms with Crippen molar-refractivity contribution in [2.24, 2.45) is 0 Å². The molecule has 0 heterocycles. The summed E-state index contributed by atoms with van der Waals surface area (Å²) in [6.07, 6.45) is 1.28. The number of amides is 2. The lowest BCUT2D eigenvalue weighted by molar-refractivity contribution is -0.139. The number of carbonyl (C=O) groups is 2. The van der Waals surface area contributed by atoms with Gasteiger partial charge >= 0.3 is 0 Å². The minimum atomic E-state index is -0.609. The van der Waals surface area contributed by atoms with E-state index in [1.807, 2.05) is 99.6 Å². The number of rotatable bonds is 12. The highest BCUT2D eigenvalue weighted by Gasteiger charge is 2.30. The van der Waals surface area contributed by atoms with Crippen molar-refractivity contribution >= 4 is 35.2 Å². The summed E-state index contributed by atoms with van der Waals surface area (Å²) >= 11 is 7.65. The highest BCUT2D eigenvalue weighted by Crippen LogP contribution is 2.20. The number of benzene rings is 3. The normalized spacial score (nSPS) is 12.6. The van der Waals surface area contributed by atoms with Crippen LogP contribution in [0.25, 0.3) is 0 Å². The SMILES string of the molecule is CC[C@@H](C)NC(=O)[C@H](Cc1ccccc1)N(Cc1ccc(C)cc1)C(=O)CSCc1cccc(Cl)c1. The van der Waals surface area contributed by atoms with Crippen LogP contribution in [0.15, 0.2) is 78.9 Å². The lowest BCUT2D eigenvalue weighted by atomic mass is 10.0. The van der Waals surface area contributed by atoms with Gasteiger partial charge in [0.2, 0.25) is 11.8 Å². The van der Waals surface area contributed by atoms with Crippen molar-refractivity contribution in [3.8, 4) is 0 Å². The van der Waals surface area contributed by atoms with Gasteiger partial charge in [0.1, 0.15) is 6.04 Å². The molecule has 0 radical (unpaired) electrons. The van der Waals surface area contributed by atoms with Crippen LogP contribution in [0.5, 0.6) is 0 Å². The van der Waals surface area contributed by atoms with Crippen molar-refractivity contribution in [2.45, 2.75) is 58.0 Å². The number of carbonyl (C=O) groups excluding carboxylic acids is 2. The molecule has 0 bridgehead atoms. The van der Waals surface area contributed by atoms with E-state index in [-0.39, 0.29) is 23.6 Å². The van der Waals surface area contributed by atoms with Crippen LogP contribution in [0.3, 0.4) is 0 Å². The smallest absolute Gasteiger partial charge is 0.243 e. The highest BCUT2D eigenvalue weighted by atomic mass is 35.5. The van der Waals surface area contributed by atoms with Gasteiger partial charge in [-0.2, -0.15) is 0 Å². The van der Waals surface area contributed by atoms with Crippen LogP contribution in [-0.4, -0.2) is 34.6 Å². The second-order valence-corrected chi connectivity index (χ2v) is 10.6. The molecule has 0 spiro atoms. The summed E-state index contributed by atoms with van der Waals surface area (Å²) in [5.74, 6) is 0.782. The number of halogens is 1. The van der Waals surface area contributed by atoms with Gasteiger partial charge in [0.15, 0.2) is 0 Å². The maximum Gasteiger partial charge on any atom is 0.243 e. The van der Waals surface area contributed by atoms with Crippen LogP contribution in [0.4, 0.5) is 0 Å². The van der Waals surface area contributed by atoms with Crippen molar-refractivity contribution in [2.75, 3.05) is 5.75 Å². The Bertz CT molecular complexity index is 1120. The molecule has 0 saturated carbocycles. The van der Waals surface area contributed by atoms with Crippen molar-refractivity contribution in [1.82, 2.24) is 10.2 Å². The Kier molecular flexibility index (Phi) is 10.9. The lowest BCUT2D eigenvalue weighted by Gasteiger charge is -2.32. The summed E-state index contributed by atoms with van der Waals surface area (Å²) < 4.78 is 0. The molecule has 0 aliphatic carbocycles. The van der Waals surface area contributed by atoms with E-state index in [2.05, 4.69) is 5.32 Å². The topological polar surface area (TPSA) is 49.4 Å². The molecular formula is C30H35ClN2O2S. The molecular weight excluding hydrogens is 488 g/mol. The average molecular weight is 523 g/mol. The van der Waals surface area contributed by atoms with E-state index >= 15 is 0 Å². The molecule has 4 nitrogen and oxygen atoms in total. The predicted molar refractivity (Wildman–Crippen MR) is 151 cm³/mol. The fourth-order valence-electron chi connectivity index (χ4n) is 3.85. The van der Waals surface area contributed by atoms with Gasteiger partial charge in [0.25, 0.3) is 0 Å². The lowest BCUT2D eigenvalue weighted by Crippen LogP contribution is -2.52. The van der Waals surface area contributed by atoms with Crippen LogP contribution in [-0.2, 0) is 28.3 Å². The van der Waals surface area contributed by atoms with Crippen LogP contribution < -0.4 is 5.32 Å². The number of nitrogens with one attached hydrogen (secondary N) is 1. The molecule has 1 N–H and O–H groups in total. The Morgan fingerprint density at radius 1 is 0.944 bits per heavy atom. The number of nitrogens with zero attached hydrogens (tertiary/aromatic N) is 1. The number of aryl methyl sites for hydroxylation is 1. The summed E-state index contributed by atoms with van der Waals surface area (Å²) in [6, 6.07) is 25.1. The van der Waals surface area contributed by atoms with Crippen molar-refractivity contribution in [1.29, 1.82) is 0 Å². The van der Waals surface area contributed by atoms with E-state index in [1.54, 1.807) is 4.90 Å². The van der Waals surface area contributed by atoms with E-state index in [0.29, 0.717) is 23.7 Å². The van der Waals surface area contributed by atoms with Crippen molar-refractivity contribution in [3.05, 3.63) is 106 Å². The molecule has 3 aromatic carbocycles. The summed E-state index contributed by atoms with van der Waals surface area (Å²) in [5, 5.41) is 3.80. The predicted octanol–water partition coefficient (Wildman–Crippen LogP) is 6.44. The summed E-state index contributed by atoms with van der Waals surface area (Å²) in [7, 11) is 0. The Morgan fingerprint density at radius 3 is 2.31 bits per heavy atom. The summed E-state index contributed by atoms with van der Waals surface area (Å²) in [6.45, 7) is 6.45. The monoisotopic (exact) mass is 522 g/mol. The van der Waals surface area contributed by atoms with E-state index in [0.717, 1.165) is 28.7 Å². The van der Waals surface area contributed by atoms with Gasteiger partial charge in [-0.25, -0.2) is 0 Å². The quantitative estimate of drug-likeness (QED) is 0.298. The van der Waals surface area contributed by atoms with Crippen molar-refractivity contribution in [3.63, 3.8) is 0 Å². The van der Waals surface area contributed by atoms with Gasteiger partial charge in [0, 0.05) is 29.8 Å². The molecule has 0 fully saturated rings. The zero-order chi connectivity index (χ0) is 25.9. The summed E-state index contributed by atoms with van der Waals surface area (Å²) in [5.41, 5.74) is 4.25. The van der Waals surface area contributed by atoms with Gasteiger partial charge in [-0.15, -0.1) is 11.8 Å². The molecule has 2 atom stereocenters. The molecule has 0 saturated heterocycles. The third kappa shape index (κ3) is 8.72. The van der Waals surface area contributed by atoms with Crippen LogP contribution in [0.1, 0.15) is 42.5 Å². The maximum atomic E-state index is 13.7. The third-order valence-electron chi connectivity index (χ3n) is 6.13. The zero-order valence-corrected chi connectivity index (χ0v) is 22.8. The second-order valence-electron chi connectivity index (χ2n) is 9.15. The van der Waals surface area contributed by atoms with Crippen LogP contribution in [0, 0.1) is 6.92 Å². The summed E-state index contributed by atoms with van der Waals surface area (Å²) in [4.78, 5) is 28.9. The fraction of sp³-hybridized carbons (Fsp3) is 0.333. The van der Waals surface area contributed by atoms with E-state index in [1.165, 1.54) is 11.8 Å². The first-order chi connectivity index (χ1) is 17.4. The van der Waals surface area contributed by atoms with E-state index < -0.39 is 6.04 Å². The molecule has 3 aromatic rings. The third-order valence-corrected chi connectivity index (χ3v) is 7.35. The Hall–Kier alpha value is -2.76. The molecule has 0 aliphatic rings. The Morgan fingerprint density at radius 2 is 1.64 bits per heavy atom. The van der Waals surface area contributed by atoms with Crippen LogP contribution >= 0.6 is 23.4 Å². The van der Waals surface area contributed by atoms with Gasteiger partial charge < -0.3 is 10.2 Å². The standard InChI is InChI=1S/C30H35ClN2O2S/c1-4-23(3)32-30(35)28(18-24-9-6-5-7-10-24)33(19-25-15-13-22(2)14-16-25)29(34)21-36-20-26-11-8-12-27(31)17-26/h5-17,23,28H,4,18-21H2,1-3H3,(H,32,35)/t23-,28+/m1/s1. The fourth-order valence-corrected chi connectivity index (χ4v) is 4.92. The van der Waals surface area contributed by atoms with E-state index in [9.17, 15) is 9.59 Å². The van der Waals surface area contributed by atoms with Crippen LogP contribution in [0.2, 0.25) is 5.02 Å². The number of hydrogen-bond acceptors (Lipinski definition) is 3. The Labute approximate surface area is 224 Å². The van der Waals surface area contributed by atoms with Gasteiger partial charge in [-0.05, 0) is 49.1 Å². The molecule has 0 aliphatic heterocycles. The van der Waals surface area contributed by atoms with Crippen molar-refractivity contribution < 1.29 is 9.59 Å². The molecule has 0 unspecified atom stereocenters. The Balaban J connectivity index is 1.85. The molecule has 2 amide bonds. The maximum absolute atomic E-state index is 13.7. The largest absolute Gasteiger partial charge is 0.352 e. The van der Waals surface area contributed by atoms with Gasteiger partial charge in [-0.1, -0.05) is 90.8 Å². The van der Waals surface area contributed by atoms with Gasteiger partial charge in [-0.3, -0.25) is 9.59 Å². The second kappa shape index (κ2) is 14.1. The molecule has 36 heavy (non-hydrogen) atoms.